The van der Waals surface area contributed by atoms with E-state index in [0.717, 1.165) is 22.5 Å². The van der Waals surface area contributed by atoms with Crippen molar-refractivity contribution >= 4 is 33.3 Å². The molecule has 0 radical (unpaired) electrons. The first-order valence-electron chi connectivity index (χ1n) is 5.88. The molecule has 98 valence electrons. The van der Waals surface area contributed by atoms with Crippen molar-refractivity contribution in [1.82, 2.24) is 9.97 Å². The number of fused-ring (bicyclic) bond motifs is 1. The number of hydrogen-bond acceptors (Lipinski definition) is 7. The van der Waals surface area contributed by atoms with Gasteiger partial charge in [-0.2, -0.15) is 4.98 Å². The van der Waals surface area contributed by atoms with Crippen LogP contribution in [0.15, 0.2) is 11.4 Å². The van der Waals surface area contributed by atoms with Gasteiger partial charge in [0.1, 0.15) is 10.6 Å². The van der Waals surface area contributed by atoms with Crippen molar-refractivity contribution in [2.45, 2.75) is 25.9 Å². The molecule has 1 unspecified atom stereocenters. The highest BCUT2D eigenvalue weighted by Crippen LogP contribution is 2.26. The van der Waals surface area contributed by atoms with Crippen LogP contribution >= 0.6 is 11.3 Å². The summed E-state index contributed by atoms with van der Waals surface area (Å²) in [6, 6.07) is 1.97. The molecule has 0 aromatic carbocycles. The van der Waals surface area contributed by atoms with Gasteiger partial charge in [-0.05, 0) is 24.3 Å². The Kier molecular flexibility index (Phi) is 4.29. The minimum absolute atomic E-state index is 0.274. The van der Waals surface area contributed by atoms with Crippen LogP contribution in [-0.2, 0) is 0 Å². The van der Waals surface area contributed by atoms with Gasteiger partial charge in [0.25, 0.3) is 0 Å². The van der Waals surface area contributed by atoms with Crippen LogP contribution in [0, 0.1) is 0 Å². The Bertz CT molecular complexity index is 515. The number of nitrogens with one attached hydrogen (secondary N) is 2. The zero-order valence-electron chi connectivity index (χ0n) is 10.2. The van der Waals surface area contributed by atoms with Crippen LogP contribution in [0.4, 0.5) is 11.8 Å². The Hall–Kier alpha value is -1.44. The first kappa shape index (κ1) is 13.0. The maximum atomic E-state index is 9.51. The van der Waals surface area contributed by atoms with Gasteiger partial charge in [-0.25, -0.2) is 10.8 Å². The summed E-state index contributed by atoms with van der Waals surface area (Å²) >= 11 is 1.54. The molecule has 0 bridgehead atoms. The fourth-order valence-corrected chi connectivity index (χ4v) is 2.38. The van der Waals surface area contributed by atoms with E-state index in [-0.39, 0.29) is 6.10 Å². The van der Waals surface area contributed by atoms with Gasteiger partial charge in [-0.3, -0.25) is 5.43 Å². The zero-order chi connectivity index (χ0) is 13.0. The van der Waals surface area contributed by atoms with Crippen LogP contribution < -0.4 is 16.6 Å². The van der Waals surface area contributed by atoms with Crippen LogP contribution in [0.5, 0.6) is 0 Å². The lowest BCUT2D eigenvalue weighted by molar-refractivity contribution is 0.164. The molecule has 2 heterocycles. The van der Waals surface area contributed by atoms with Gasteiger partial charge >= 0.3 is 0 Å². The monoisotopic (exact) mass is 267 g/mol. The number of thiophene rings is 1. The number of nitrogen functional groups attached to an aromatic ring is 1. The summed E-state index contributed by atoms with van der Waals surface area (Å²) in [5.41, 5.74) is 2.45. The predicted molar refractivity (Wildman–Crippen MR) is 74.6 cm³/mol. The number of aliphatic hydroxyl groups excluding tert-OH is 1. The Labute approximate surface area is 109 Å². The second-order valence-corrected chi connectivity index (χ2v) is 4.85. The van der Waals surface area contributed by atoms with E-state index < -0.39 is 0 Å². The van der Waals surface area contributed by atoms with Crippen LogP contribution in [0.2, 0.25) is 0 Å². The molecular weight excluding hydrogens is 250 g/mol. The van der Waals surface area contributed by atoms with Crippen LogP contribution in [0.3, 0.4) is 0 Å². The quantitative estimate of drug-likeness (QED) is 0.468. The fourth-order valence-electron chi connectivity index (χ4n) is 1.62. The summed E-state index contributed by atoms with van der Waals surface area (Å²) in [4.78, 5) is 9.42. The lowest BCUT2D eigenvalue weighted by Gasteiger charge is -2.10. The third kappa shape index (κ3) is 2.87. The molecule has 0 amide bonds. The predicted octanol–water partition coefficient (Wildman–Crippen LogP) is 1.55. The average Bonchev–Trinajstić information content (AvgIpc) is 2.86. The normalized spacial score (nSPS) is 12.6. The summed E-state index contributed by atoms with van der Waals surface area (Å²) in [7, 11) is 0. The number of hydrogen-bond donors (Lipinski definition) is 4. The van der Waals surface area contributed by atoms with Crippen molar-refractivity contribution in [1.29, 1.82) is 0 Å². The molecule has 0 aliphatic heterocycles. The number of aromatic nitrogens is 2. The van der Waals surface area contributed by atoms with Gasteiger partial charge < -0.3 is 10.4 Å². The minimum Gasteiger partial charge on any atom is -0.393 e. The minimum atomic E-state index is -0.274. The molecule has 0 saturated carbocycles. The van der Waals surface area contributed by atoms with Crippen LogP contribution in [0.25, 0.3) is 10.2 Å². The first-order valence-corrected chi connectivity index (χ1v) is 6.76. The Balaban J connectivity index is 2.13. The van der Waals surface area contributed by atoms with E-state index in [9.17, 15) is 5.11 Å². The highest BCUT2D eigenvalue weighted by atomic mass is 32.1. The molecule has 0 aliphatic carbocycles. The molecule has 0 saturated heterocycles. The molecule has 0 fully saturated rings. The number of hydrazine groups is 1. The van der Waals surface area contributed by atoms with Crippen molar-refractivity contribution in [2.24, 2.45) is 5.84 Å². The van der Waals surface area contributed by atoms with Gasteiger partial charge in [0.2, 0.25) is 5.95 Å². The van der Waals surface area contributed by atoms with Crippen molar-refractivity contribution in [3.05, 3.63) is 11.4 Å². The number of nitrogens with zero attached hydrogens (tertiary/aromatic N) is 2. The molecule has 18 heavy (non-hydrogen) atoms. The third-order valence-electron chi connectivity index (χ3n) is 2.70. The summed E-state index contributed by atoms with van der Waals surface area (Å²) in [6.07, 6.45) is 1.18. The summed E-state index contributed by atoms with van der Waals surface area (Å²) in [5.74, 6) is 6.48. The standard InChI is InChI=1S/C11H17N5OS/c1-2-7(17)3-5-13-9-8-4-6-18-10(8)15-11(14-9)16-12/h4,6-7,17H,2-3,5,12H2,1H3,(H2,13,14,15,16). The molecule has 0 aliphatic rings. The summed E-state index contributed by atoms with van der Waals surface area (Å²) < 4.78 is 0. The van der Waals surface area contributed by atoms with E-state index in [2.05, 4.69) is 20.7 Å². The van der Waals surface area contributed by atoms with Gasteiger partial charge in [0, 0.05) is 6.54 Å². The molecule has 2 aromatic heterocycles. The molecule has 2 rings (SSSR count). The van der Waals surface area contributed by atoms with Crippen molar-refractivity contribution in [3.63, 3.8) is 0 Å². The SMILES string of the molecule is CCC(O)CCNc1nc(NN)nc2sccc12. The largest absolute Gasteiger partial charge is 0.393 e. The van der Waals surface area contributed by atoms with Crippen molar-refractivity contribution in [2.75, 3.05) is 17.3 Å². The molecule has 1 atom stereocenters. The highest BCUT2D eigenvalue weighted by Gasteiger charge is 2.08. The first-order chi connectivity index (χ1) is 8.74. The molecule has 5 N–H and O–H groups in total. The number of aliphatic hydroxyl groups is 1. The fraction of sp³-hybridized carbons (Fsp3) is 0.455. The third-order valence-corrected chi connectivity index (χ3v) is 3.50. The van der Waals surface area contributed by atoms with E-state index in [1.165, 1.54) is 11.3 Å². The van der Waals surface area contributed by atoms with E-state index in [0.29, 0.717) is 18.9 Å². The van der Waals surface area contributed by atoms with Crippen molar-refractivity contribution in [3.8, 4) is 0 Å². The van der Waals surface area contributed by atoms with Gasteiger partial charge in [-0.15, -0.1) is 11.3 Å². The lowest BCUT2D eigenvalue weighted by atomic mass is 10.2. The maximum Gasteiger partial charge on any atom is 0.240 e. The Morgan fingerprint density at radius 1 is 1.50 bits per heavy atom. The van der Waals surface area contributed by atoms with E-state index in [4.69, 9.17) is 5.84 Å². The maximum absolute atomic E-state index is 9.51. The van der Waals surface area contributed by atoms with Crippen LogP contribution in [-0.4, -0.2) is 27.7 Å². The molecular formula is C11H17N5OS. The van der Waals surface area contributed by atoms with E-state index >= 15 is 0 Å². The molecule has 6 nitrogen and oxygen atoms in total. The number of nitrogens with two attached hydrogens (primary N) is 1. The zero-order valence-corrected chi connectivity index (χ0v) is 11.0. The molecule has 7 heteroatoms. The number of anilines is 2. The van der Waals surface area contributed by atoms with E-state index in [1.807, 2.05) is 18.4 Å². The van der Waals surface area contributed by atoms with Crippen LogP contribution in [0.1, 0.15) is 19.8 Å². The number of rotatable bonds is 6. The highest BCUT2D eigenvalue weighted by molar-refractivity contribution is 7.16. The molecule has 0 spiro atoms. The summed E-state index contributed by atoms with van der Waals surface area (Å²) in [5, 5.41) is 15.7. The topological polar surface area (TPSA) is 96.1 Å². The Morgan fingerprint density at radius 2 is 2.33 bits per heavy atom. The van der Waals surface area contributed by atoms with Gasteiger partial charge in [-0.1, -0.05) is 6.92 Å². The van der Waals surface area contributed by atoms with Gasteiger partial charge in [0.15, 0.2) is 0 Å². The lowest BCUT2D eigenvalue weighted by Crippen LogP contribution is -2.15. The van der Waals surface area contributed by atoms with Crippen molar-refractivity contribution < 1.29 is 5.11 Å². The van der Waals surface area contributed by atoms with E-state index in [1.54, 1.807) is 0 Å². The second-order valence-electron chi connectivity index (χ2n) is 3.96. The molecule has 2 aromatic rings. The second kappa shape index (κ2) is 5.94. The average molecular weight is 267 g/mol. The smallest absolute Gasteiger partial charge is 0.240 e. The summed E-state index contributed by atoms with van der Waals surface area (Å²) in [6.45, 7) is 2.63. The van der Waals surface area contributed by atoms with Gasteiger partial charge in [0.05, 0.1) is 11.5 Å². The Morgan fingerprint density at radius 3 is 3.06 bits per heavy atom.